The van der Waals surface area contributed by atoms with E-state index in [9.17, 15) is 14.9 Å². The molecule has 0 radical (unpaired) electrons. The Morgan fingerprint density at radius 3 is 2.21 bits per heavy atom. The fraction of sp³-hybridized carbons (Fsp3) is 0.323. The van der Waals surface area contributed by atoms with E-state index in [2.05, 4.69) is 30.3 Å². The van der Waals surface area contributed by atoms with Gasteiger partial charge in [0.15, 0.2) is 5.78 Å². The molecular weight excluding hydrogens is 480 g/mol. The number of carbonyl (C=O) groups is 2. The van der Waals surface area contributed by atoms with Crippen molar-refractivity contribution in [2.75, 3.05) is 26.9 Å². The van der Waals surface area contributed by atoms with Gasteiger partial charge in [-0.3, -0.25) is 9.69 Å². The summed E-state index contributed by atoms with van der Waals surface area (Å²) in [6, 6.07) is 23.1. The number of amides is 1. The van der Waals surface area contributed by atoms with Crippen molar-refractivity contribution in [3.63, 3.8) is 0 Å². The van der Waals surface area contributed by atoms with Gasteiger partial charge in [0.05, 0.1) is 38.0 Å². The number of piperidine rings is 1. The molecule has 2 fully saturated rings. The van der Waals surface area contributed by atoms with E-state index in [1.54, 1.807) is 23.1 Å². The summed E-state index contributed by atoms with van der Waals surface area (Å²) in [5, 5.41) is 9.25. The number of hydrogen-bond acceptors (Lipinski definition) is 6. The van der Waals surface area contributed by atoms with Crippen LogP contribution in [0.1, 0.15) is 45.8 Å². The monoisotopic (exact) mass is 508 g/mol. The number of ether oxygens (including phenoxy) is 3. The fourth-order valence-corrected chi connectivity index (χ4v) is 6.27. The number of benzene rings is 3. The van der Waals surface area contributed by atoms with Crippen LogP contribution >= 0.6 is 0 Å². The SMILES string of the molecule is COc1cc(C(=O)C2CC3COCC(C2)N3C(=O)OCC2c3ccccc3-c3ccccc32)ccc1C#N. The largest absolute Gasteiger partial charge is 0.495 e. The second-order valence-corrected chi connectivity index (χ2v) is 10.1. The molecule has 2 bridgehead atoms. The summed E-state index contributed by atoms with van der Waals surface area (Å²) in [6.07, 6.45) is 0.653. The molecule has 1 aliphatic carbocycles. The van der Waals surface area contributed by atoms with Crippen LogP contribution < -0.4 is 4.74 Å². The summed E-state index contributed by atoms with van der Waals surface area (Å²) in [7, 11) is 1.49. The minimum atomic E-state index is -0.351. The van der Waals surface area contributed by atoms with E-state index in [1.807, 2.05) is 24.3 Å². The summed E-state index contributed by atoms with van der Waals surface area (Å²) in [5.41, 5.74) is 5.62. The molecule has 0 N–H and O–H groups in total. The molecule has 2 aliphatic heterocycles. The number of fused-ring (bicyclic) bond motifs is 5. The van der Waals surface area contributed by atoms with Gasteiger partial charge in [0.1, 0.15) is 18.4 Å². The predicted octanol–water partition coefficient (Wildman–Crippen LogP) is 5.18. The van der Waals surface area contributed by atoms with Gasteiger partial charge in [-0.15, -0.1) is 0 Å². The van der Waals surface area contributed by atoms with Crippen molar-refractivity contribution in [1.82, 2.24) is 4.90 Å². The van der Waals surface area contributed by atoms with Crippen molar-refractivity contribution in [1.29, 1.82) is 5.26 Å². The number of nitrogens with zero attached hydrogens (tertiary/aromatic N) is 2. The lowest BCUT2D eigenvalue weighted by Crippen LogP contribution is -2.60. The number of carbonyl (C=O) groups excluding carboxylic acids is 2. The third-order valence-corrected chi connectivity index (χ3v) is 8.04. The summed E-state index contributed by atoms with van der Waals surface area (Å²) >= 11 is 0. The van der Waals surface area contributed by atoms with E-state index in [1.165, 1.54) is 29.4 Å². The van der Waals surface area contributed by atoms with Gasteiger partial charge in [0, 0.05) is 17.4 Å². The molecule has 192 valence electrons. The minimum Gasteiger partial charge on any atom is -0.495 e. The second-order valence-electron chi connectivity index (χ2n) is 10.1. The van der Waals surface area contributed by atoms with Gasteiger partial charge in [-0.05, 0) is 53.3 Å². The topological polar surface area (TPSA) is 88.9 Å². The molecule has 0 spiro atoms. The molecular formula is C31H28N2O5. The molecule has 0 aromatic heterocycles. The average Bonchev–Trinajstić information content (AvgIpc) is 3.28. The number of Topliss-reactive ketones (excluding diaryl/α,β-unsaturated/α-hetero) is 1. The quantitative estimate of drug-likeness (QED) is 0.442. The van der Waals surface area contributed by atoms with E-state index in [0.29, 0.717) is 42.9 Å². The first-order valence-corrected chi connectivity index (χ1v) is 12.9. The van der Waals surface area contributed by atoms with Gasteiger partial charge >= 0.3 is 6.09 Å². The summed E-state index contributed by atoms with van der Waals surface area (Å²) < 4.78 is 17.0. The molecule has 0 saturated carbocycles. The van der Waals surface area contributed by atoms with E-state index >= 15 is 0 Å². The molecule has 2 unspecified atom stereocenters. The van der Waals surface area contributed by atoms with Crippen LogP contribution in [0, 0.1) is 17.2 Å². The van der Waals surface area contributed by atoms with E-state index in [4.69, 9.17) is 14.2 Å². The summed E-state index contributed by atoms with van der Waals surface area (Å²) in [5.74, 6) is 0.131. The standard InChI is InChI=1S/C31H28N2O5/c1-36-29-14-19(10-11-20(29)15-32)30(34)21-12-22-16-37-17-23(13-21)33(22)31(35)38-18-28-26-8-4-2-6-24(26)25-7-3-5-9-27(25)28/h2-11,14,21-23,28H,12-13,16-18H2,1H3. The number of morpholine rings is 1. The highest BCUT2D eigenvalue weighted by atomic mass is 16.6. The maximum absolute atomic E-state index is 13.4. The van der Waals surface area contributed by atoms with Crippen molar-refractivity contribution in [3.05, 3.63) is 89.0 Å². The molecule has 7 nitrogen and oxygen atoms in total. The molecule has 6 rings (SSSR count). The van der Waals surface area contributed by atoms with Crippen LogP contribution in [0.25, 0.3) is 11.1 Å². The highest BCUT2D eigenvalue weighted by Gasteiger charge is 2.45. The molecule has 3 aromatic carbocycles. The second kappa shape index (κ2) is 9.96. The maximum Gasteiger partial charge on any atom is 0.410 e. The van der Waals surface area contributed by atoms with Gasteiger partial charge < -0.3 is 14.2 Å². The van der Waals surface area contributed by atoms with Crippen LogP contribution in [0.3, 0.4) is 0 Å². The van der Waals surface area contributed by atoms with Crippen LogP contribution in [0.5, 0.6) is 5.75 Å². The molecule has 2 heterocycles. The Morgan fingerprint density at radius 1 is 0.974 bits per heavy atom. The van der Waals surface area contributed by atoms with Crippen LogP contribution in [-0.2, 0) is 9.47 Å². The Labute approximate surface area is 221 Å². The number of methoxy groups -OCH3 is 1. The zero-order valence-corrected chi connectivity index (χ0v) is 21.1. The van der Waals surface area contributed by atoms with Crippen molar-refractivity contribution >= 4 is 11.9 Å². The van der Waals surface area contributed by atoms with Gasteiger partial charge in [-0.25, -0.2) is 4.79 Å². The predicted molar refractivity (Wildman–Crippen MR) is 140 cm³/mol. The molecule has 3 aromatic rings. The van der Waals surface area contributed by atoms with Crippen LogP contribution in [0.2, 0.25) is 0 Å². The van der Waals surface area contributed by atoms with Crippen LogP contribution in [-0.4, -0.2) is 55.8 Å². The van der Waals surface area contributed by atoms with Gasteiger partial charge in [-0.2, -0.15) is 5.26 Å². The Morgan fingerprint density at radius 2 is 1.61 bits per heavy atom. The van der Waals surface area contributed by atoms with E-state index < -0.39 is 0 Å². The van der Waals surface area contributed by atoms with Crippen molar-refractivity contribution in [2.45, 2.75) is 30.8 Å². The first-order chi connectivity index (χ1) is 18.6. The van der Waals surface area contributed by atoms with Crippen LogP contribution in [0.15, 0.2) is 66.7 Å². The van der Waals surface area contributed by atoms with Crippen molar-refractivity contribution in [3.8, 4) is 22.9 Å². The maximum atomic E-state index is 13.4. The van der Waals surface area contributed by atoms with Gasteiger partial charge in [0.25, 0.3) is 0 Å². The molecule has 38 heavy (non-hydrogen) atoms. The number of rotatable bonds is 5. The van der Waals surface area contributed by atoms with Crippen molar-refractivity contribution < 1.29 is 23.8 Å². The Hall–Kier alpha value is -4.15. The average molecular weight is 509 g/mol. The molecule has 2 atom stereocenters. The van der Waals surface area contributed by atoms with E-state index in [-0.39, 0.29) is 42.4 Å². The van der Waals surface area contributed by atoms with Crippen LogP contribution in [0.4, 0.5) is 4.79 Å². The lowest BCUT2D eigenvalue weighted by Gasteiger charge is -2.47. The number of ketones is 1. The first-order valence-electron chi connectivity index (χ1n) is 12.9. The normalized spacial score (nSPS) is 21.7. The summed E-state index contributed by atoms with van der Waals surface area (Å²) in [6.45, 7) is 1.01. The minimum absolute atomic E-state index is 0.00289. The smallest absolute Gasteiger partial charge is 0.410 e. The lowest BCUT2D eigenvalue weighted by molar-refractivity contribution is -0.0747. The highest BCUT2D eigenvalue weighted by molar-refractivity contribution is 5.98. The molecule has 3 aliphatic rings. The molecule has 1 amide bonds. The Kier molecular flexibility index (Phi) is 6.34. The third-order valence-electron chi connectivity index (χ3n) is 8.04. The lowest BCUT2D eigenvalue weighted by atomic mass is 9.80. The molecule has 7 heteroatoms. The van der Waals surface area contributed by atoms with Gasteiger partial charge in [0.2, 0.25) is 0 Å². The van der Waals surface area contributed by atoms with E-state index in [0.717, 1.165) is 0 Å². The van der Waals surface area contributed by atoms with Gasteiger partial charge in [-0.1, -0.05) is 48.5 Å². The van der Waals surface area contributed by atoms with Crippen molar-refractivity contribution in [2.24, 2.45) is 5.92 Å². The molecule has 2 saturated heterocycles. The first kappa shape index (κ1) is 24.2. The Balaban J connectivity index is 1.16. The number of hydrogen-bond donors (Lipinski definition) is 0. The third kappa shape index (κ3) is 4.11. The Bertz CT molecular complexity index is 1380. The zero-order valence-electron chi connectivity index (χ0n) is 21.1. The fourth-order valence-electron chi connectivity index (χ4n) is 6.27. The summed E-state index contributed by atoms with van der Waals surface area (Å²) in [4.78, 5) is 28.6. The number of nitriles is 1. The highest BCUT2D eigenvalue weighted by Crippen LogP contribution is 2.45. The zero-order chi connectivity index (χ0) is 26.2.